The molecule has 0 amide bonds. The maximum atomic E-state index is 10.8. The number of ether oxygens (including phenoxy) is 2. The summed E-state index contributed by atoms with van der Waals surface area (Å²) in [6.45, 7) is 6.58. The van der Waals surface area contributed by atoms with Crippen LogP contribution in [0.4, 0.5) is 0 Å². The summed E-state index contributed by atoms with van der Waals surface area (Å²) in [5, 5.41) is 8.86. The van der Waals surface area contributed by atoms with Gasteiger partial charge in [-0.2, -0.15) is 0 Å². The third-order valence-corrected chi connectivity index (χ3v) is 4.85. The molecule has 1 aliphatic heterocycles. The highest BCUT2D eigenvalue weighted by Crippen LogP contribution is 2.34. The van der Waals surface area contributed by atoms with Gasteiger partial charge in [-0.3, -0.25) is 4.79 Å². The molecular formula is C21H24O4. The molecule has 0 radical (unpaired) electrons. The van der Waals surface area contributed by atoms with E-state index in [1.807, 2.05) is 38.1 Å². The molecule has 1 unspecified atom stereocenters. The SMILES string of the molecule is Cc1c(CCC(=O)O)ccc(OCc2cccc3c2OC(C)C3)c1C. The van der Waals surface area contributed by atoms with Crippen molar-refractivity contribution in [2.24, 2.45) is 0 Å². The summed E-state index contributed by atoms with van der Waals surface area (Å²) in [5.74, 6) is 1.02. The highest BCUT2D eigenvalue weighted by molar-refractivity contribution is 5.67. The lowest BCUT2D eigenvalue weighted by Gasteiger charge is -2.15. The number of carboxylic acid groups (broad SMARTS) is 1. The number of hydrogen-bond acceptors (Lipinski definition) is 3. The minimum Gasteiger partial charge on any atom is -0.490 e. The Hall–Kier alpha value is -2.49. The van der Waals surface area contributed by atoms with Crippen LogP contribution in [0.25, 0.3) is 0 Å². The van der Waals surface area contributed by atoms with E-state index in [-0.39, 0.29) is 12.5 Å². The van der Waals surface area contributed by atoms with Crippen LogP contribution in [0.3, 0.4) is 0 Å². The fraction of sp³-hybridized carbons (Fsp3) is 0.381. The van der Waals surface area contributed by atoms with Gasteiger partial charge in [0.15, 0.2) is 0 Å². The van der Waals surface area contributed by atoms with Crippen LogP contribution in [0, 0.1) is 13.8 Å². The molecule has 4 heteroatoms. The van der Waals surface area contributed by atoms with Crippen molar-refractivity contribution >= 4 is 5.97 Å². The van der Waals surface area contributed by atoms with Gasteiger partial charge in [0.2, 0.25) is 0 Å². The van der Waals surface area contributed by atoms with Gasteiger partial charge in [-0.1, -0.05) is 24.3 Å². The van der Waals surface area contributed by atoms with Crippen LogP contribution in [-0.4, -0.2) is 17.2 Å². The fourth-order valence-corrected chi connectivity index (χ4v) is 3.29. The van der Waals surface area contributed by atoms with Crippen LogP contribution < -0.4 is 9.47 Å². The molecule has 132 valence electrons. The Bertz CT molecular complexity index is 795. The van der Waals surface area contributed by atoms with Gasteiger partial charge in [0.25, 0.3) is 0 Å². The van der Waals surface area contributed by atoms with E-state index < -0.39 is 5.97 Å². The Kier molecular flexibility index (Phi) is 4.98. The van der Waals surface area contributed by atoms with E-state index in [2.05, 4.69) is 13.0 Å². The van der Waals surface area contributed by atoms with Crippen molar-refractivity contribution in [1.29, 1.82) is 0 Å². The van der Waals surface area contributed by atoms with Crippen molar-refractivity contribution in [3.63, 3.8) is 0 Å². The number of para-hydroxylation sites is 1. The number of benzene rings is 2. The number of carboxylic acids is 1. The highest BCUT2D eigenvalue weighted by Gasteiger charge is 2.22. The minimum atomic E-state index is -0.774. The van der Waals surface area contributed by atoms with Gasteiger partial charge in [0, 0.05) is 18.4 Å². The van der Waals surface area contributed by atoms with Gasteiger partial charge in [-0.25, -0.2) is 0 Å². The molecule has 0 spiro atoms. The zero-order chi connectivity index (χ0) is 18.0. The quantitative estimate of drug-likeness (QED) is 0.855. The maximum Gasteiger partial charge on any atom is 0.303 e. The predicted molar refractivity (Wildman–Crippen MR) is 96.4 cm³/mol. The first kappa shape index (κ1) is 17.3. The molecule has 1 N–H and O–H groups in total. The molecule has 3 rings (SSSR count). The predicted octanol–water partition coefficient (Wildman–Crippen LogP) is 4.22. The first-order chi connectivity index (χ1) is 12.0. The standard InChI is InChI=1S/C21H24O4/c1-13-11-17-5-4-6-18(21(17)25-13)12-24-19-9-7-16(8-10-20(22)23)14(2)15(19)3/h4-7,9,13H,8,10-12H2,1-3H3,(H,22,23). The first-order valence-electron chi connectivity index (χ1n) is 8.66. The third-order valence-electron chi connectivity index (χ3n) is 4.85. The van der Waals surface area contributed by atoms with Gasteiger partial charge in [0.05, 0.1) is 0 Å². The third kappa shape index (κ3) is 3.78. The molecule has 2 aromatic rings. The second kappa shape index (κ2) is 7.18. The van der Waals surface area contributed by atoms with Gasteiger partial charge in [0.1, 0.15) is 24.2 Å². The van der Waals surface area contributed by atoms with Crippen molar-refractivity contribution < 1.29 is 19.4 Å². The summed E-state index contributed by atoms with van der Waals surface area (Å²) in [6, 6.07) is 10.1. The molecule has 4 nitrogen and oxygen atoms in total. The number of fused-ring (bicyclic) bond motifs is 1. The smallest absolute Gasteiger partial charge is 0.303 e. The second-order valence-electron chi connectivity index (χ2n) is 6.69. The van der Waals surface area contributed by atoms with Crippen molar-refractivity contribution in [3.8, 4) is 11.5 Å². The molecule has 2 aromatic carbocycles. The molecule has 25 heavy (non-hydrogen) atoms. The van der Waals surface area contributed by atoms with Crippen LogP contribution >= 0.6 is 0 Å². The van der Waals surface area contributed by atoms with Crippen LogP contribution in [0.1, 0.15) is 41.2 Å². The summed E-state index contributed by atoms with van der Waals surface area (Å²) in [5.41, 5.74) is 5.52. The molecule has 0 saturated heterocycles. The van der Waals surface area contributed by atoms with Crippen LogP contribution in [0.15, 0.2) is 30.3 Å². The van der Waals surface area contributed by atoms with E-state index in [1.165, 1.54) is 5.56 Å². The Balaban J connectivity index is 1.73. The van der Waals surface area contributed by atoms with Crippen molar-refractivity contribution in [2.75, 3.05) is 0 Å². The number of rotatable bonds is 6. The molecule has 0 saturated carbocycles. The minimum absolute atomic E-state index is 0.145. The molecule has 0 fully saturated rings. The monoisotopic (exact) mass is 340 g/mol. The second-order valence-corrected chi connectivity index (χ2v) is 6.69. The lowest BCUT2D eigenvalue weighted by molar-refractivity contribution is -0.136. The average Bonchev–Trinajstić information content (AvgIpc) is 2.96. The van der Waals surface area contributed by atoms with E-state index >= 15 is 0 Å². The zero-order valence-corrected chi connectivity index (χ0v) is 15.0. The first-order valence-corrected chi connectivity index (χ1v) is 8.66. The normalized spacial score (nSPS) is 15.6. The van der Waals surface area contributed by atoms with Crippen LogP contribution in [-0.2, 0) is 24.2 Å². The zero-order valence-electron chi connectivity index (χ0n) is 15.0. The number of hydrogen-bond donors (Lipinski definition) is 1. The molecule has 0 aliphatic carbocycles. The summed E-state index contributed by atoms with van der Waals surface area (Å²) in [7, 11) is 0. The van der Waals surface area contributed by atoms with Gasteiger partial charge in [-0.15, -0.1) is 0 Å². The summed E-state index contributed by atoms with van der Waals surface area (Å²) in [6.07, 6.45) is 1.85. The Morgan fingerprint density at radius 2 is 2.00 bits per heavy atom. The lowest BCUT2D eigenvalue weighted by Crippen LogP contribution is -2.07. The van der Waals surface area contributed by atoms with E-state index in [9.17, 15) is 4.79 Å². The largest absolute Gasteiger partial charge is 0.490 e. The Morgan fingerprint density at radius 1 is 1.20 bits per heavy atom. The van der Waals surface area contributed by atoms with E-state index in [4.69, 9.17) is 14.6 Å². The van der Waals surface area contributed by atoms with Crippen LogP contribution in [0.2, 0.25) is 0 Å². The summed E-state index contributed by atoms with van der Waals surface area (Å²) >= 11 is 0. The topological polar surface area (TPSA) is 55.8 Å². The molecule has 1 atom stereocenters. The molecule has 0 bridgehead atoms. The van der Waals surface area contributed by atoms with Crippen molar-refractivity contribution in [1.82, 2.24) is 0 Å². The van der Waals surface area contributed by atoms with Crippen LogP contribution in [0.5, 0.6) is 11.5 Å². The highest BCUT2D eigenvalue weighted by atomic mass is 16.5. The summed E-state index contributed by atoms with van der Waals surface area (Å²) in [4.78, 5) is 10.8. The number of aryl methyl sites for hydroxylation is 1. The lowest BCUT2D eigenvalue weighted by atomic mass is 9.99. The fourth-order valence-electron chi connectivity index (χ4n) is 3.29. The Morgan fingerprint density at radius 3 is 2.76 bits per heavy atom. The number of carbonyl (C=O) groups is 1. The Labute approximate surface area is 148 Å². The number of aliphatic carboxylic acids is 1. The molecule has 1 aliphatic rings. The molecular weight excluding hydrogens is 316 g/mol. The van der Waals surface area contributed by atoms with Crippen molar-refractivity contribution in [2.45, 2.75) is 52.7 Å². The average molecular weight is 340 g/mol. The van der Waals surface area contributed by atoms with E-state index in [0.29, 0.717) is 13.0 Å². The van der Waals surface area contributed by atoms with Gasteiger partial charge in [-0.05, 0) is 55.5 Å². The van der Waals surface area contributed by atoms with E-state index in [0.717, 1.165) is 40.2 Å². The molecule has 1 heterocycles. The summed E-state index contributed by atoms with van der Waals surface area (Å²) < 4.78 is 12.0. The van der Waals surface area contributed by atoms with Gasteiger partial charge >= 0.3 is 5.97 Å². The van der Waals surface area contributed by atoms with Crippen molar-refractivity contribution in [3.05, 3.63) is 58.1 Å². The van der Waals surface area contributed by atoms with E-state index in [1.54, 1.807) is 0 Å². The maximum absolute atomic E-state index is 10.8. The molecule has 0 aromatic heterocycles. The van der Waals surface area contributed by atoms with Gasteiger partial charge < -0.3 is 14.6 Å².